The highest BCUT2D eigenvalue weighted by molar-refractivity contribution is 6.20. The van der Waals surface area contributed by atoms with E-state index in [4.69, 9.17) is 11.6 Å². The van der Waals surface area contributed by atoms with E-state index in [0.29, 0.717) is 5.38 Å². The van der Waals surface area contributed by atoms with Gasteiger partial charge in [0.15, 0.2) is 0 Å². The highest BCUT2D eigenvalue weighted by Crippen LogP contribution is 2.03. The van der Waals surface area contributed by atoms with Crippen molar-refractivity contribution in [1.29, 1.82) is 0 Å². The summed E-state index contributed by atoms with van der Waals surface area (Å²) >= 11 is 6.06. The van der Waals surface area contributed by atoms with E-state index < -0.39 is 0 Å². The molecular formula is C11H24ClN. The second-order valence-corrected chi connectivity index (χ2v) is 4.27. The molecule has 0 bridgehead atoms. The molecule has 0 aromatic carbocycles. The van der Waals surface area contributed by atoms with Gasteiger partial charge >= 0.3 is 0 Å². The molecule has 0 aromatic rings. The number of halogens is 1. The summed E-state index contributed by atoms with van der Waals surface area (Å²) in [6.45, 7) is 6.52. The fourth-order valence-corrected chi connectivity index (χ4v) is 1.68. The standard InChI is InChI=1S/C11H24ClN/c1-3-5-6-7-9-13-10-11(12)8-4-2/h11,13H,3-10H2,1-2H3. The average molecular weight is 206 g/mol. The van der Waals surface area contributed by atoms with Crippen LogP contribution in [-0.2, 0) is 0 Å². The predicted octanol–water partition coefficient (Wildman–Crippen LogP) is 3.56. The van der Waals surface area contributed by atoms with Gasteiger partial charge in [0.05, 0.1) is 0 Å². The lowest BCUT2D eigenvalue weighted by Crippen LogP contribution is -2.24. The number of hydrogen-bond donors (Lipinski definition) is 1. The Balaban J connectivity index is 2.97. The van der Waals surface area contributed by atoms with Gasteiger partial charge in [-0.3, -0.25) is 0 Å². The fraction of sp³-hybridized carbons (Fsp3) is 1.00. The molecule has 1 nitrogen and oxygen atoms in total. The Hall–Kier alpha value is 0.250. The molecule has 0 saturated carbocycles. The van der Waals surface area contributed by atoms with Crippen molar-refractivity contribution in [1.82, 2.24) is 5.32 Å². The summed E-state index contributed by atoms with van der Waals surface area (Å²) in [6, 6.07) is 0. The van der Waals surface area contributed by atoms with Crippen LogP contribution in [0.4, 0.5) is 0 Å². The van der Waals surface area contributed by atoms with Gasteiger partial charge in [0, 0.05) is 11.9 Å². The van der Waals surface area contributed by atoms with E-state index >= 15 is 0 Å². The summed E-state index contributed by atoms with van der Waals surface area (Å²) in [6.07, 6.45) is 7.64. The highest BCUT2D eigenvalue weighted by atomic mass is 35.5. The van der Waals surface area contributed by atoms with Gasteiger partial charge in [-0.25, -0.2) is 0 Å². The molecule has 0 fully saturated rings. The lowest BCUT2D eigenvalue weighted by Gasteiger charge is -2.09. The van der Waals surface area contributed by atoms with E-state index in [1.807, 2.05) is 0 Å². The van der Waals surface area contributed by atoms with E-state index in [0.717, 1.165) is 19.5 Å². The normalized spacial score (nSPS) is 13.2. The molecule has 0 aliphatic heterocycles. The van der Waals surface area contributed by atoms with Crippen molar-refractivity contribution < 1.29 is 0 Å². The maximum absolute atomic E-state index is 6.06. The molecule has 0 radical (unpaired) electrons. The van der Waals surface area contributed by atoms with Crippen LogP contribution in [0.1, 0.15) is 52.4 Å². The molecule has 0 rings (SSSR count). The molecule has 0 saturated heterocycles. The molecule has 0 aliphatic carbocycles. The van der Waals surface area contributed by atoms with Crippen LogP contribution < -0.4 is 5.32 Å². The van der Waals surface area contributed by atoms with Gasteiger partial charge in [0.1, 0.15) is 0 Å². The van der Waals surface area contributed by atoms with Crippen LogP contribution in [0.25, 0.3) is 0 Å². The average Bonchev–Trinajstić information content (AvgIpc) is 2.11. The van der Waals surface area contributed by atoms with E-state index in [1.54, 1.807) is 0 Å². The summed E-state index contributed by atoms with van der Waals surface area (Å²) in [7, 11) is 0. The second-order valence-electron chi connectivity index (χ2n) is 3.65. The van der Waals surface area contributed by atoms with Crippen molar-refractivity contribution in [2.24, 2.45) is 0 Å². The van der Waals surface area contributed by atoms with Crippen molar-refractivity contribution in [2.45, 2.75) is 57.7 Å². The molecule has 0 heterocycles. The van der Waals surface area contributed by atoms with Gasteiger partial charge in [0.2, 0.25) is 0 Å². The Bertz CT molecular complexity index is 96.1. The summed E-state index contributed by atoms with van der Waals surface area (Å²) in [5.41, 5.74) is 0. The van der Waals surface area contributed by atoms with Crippen LogP contribution >= 0.6 is 11.6 Å². The molecule has 0 aliphatic rings. The van der Waals surface area contributed by atoms with Gasteiger partial charge < -0.3 is 5.32 Å². The van der Waals surface area contributed by atoms with Crippen LogP contribution in [0.15, 0.2) is 0 Å². The molecule has 1 atom stereocenters. The summed E-state index contributed by atoms with van der Waals surface area (Å²) in [5, 5.41) is 3.73. The van der Waals surface area contributed by atoms with Crippen molar-refractivity contribution >= 4 is 11.6 Å². The Labute approximate surface area is 88.2 Å². The monoisotopic (exact) mass is 205 g/mol. The van der Waals surface area contributed by atoms with Crippen LogP contribution in [-0.4, -0.2) is 18.5 Å². The third-order valence-electron chi connectivity index (χ3n) is 2.17. The lowest BCUT2D eigenvalue weighted by atomic mass is 10.2. The zero-order chi connectivity index (χ0) is 9.94. The molecule has 2 heteroatoms. The van der Waals surface area contributed by atoms with Crippen LogP contribution in [0.2, 0.25) is 0 Å². The number of unbranched alkanes of at least 4 members (excludes halogenated alkanes) is 3. The van der Waals surface area contributed by atoms with Crippen LogP contribution in [0, 0.1) is 0 Å². The number of nitrogens with one attached hydrogen (secondary N) is 1. The SMILES string of the molecule is CCCCCCNCC(Cl)CCC. The predicted molar refractivity (Wildman–Crippen MR) is 61.6 cm³/mol. The molecule has 13 heavy (non-hydrogen) atoms. The number of alkyl halides is 1. The second kappa shape index (κ2) is 10.3. The van der Waals surface area contributed by atoms with Gasteiger partial charge in [-0.15, -0.1) is 11.6 Å². The smallest absolute Gasteiger partial charge is 0.0460 e. The summed E-state index contributed by atoms with van der Waals surface area (Å²) in [5.74, 6) is 0. The molecule has 0 spiro atoms. The number of hydrogen-bond acceptors (Lipinski definition) is 1. The molecule has 0 amide bonds. The van der Waals surface area contributed by atoms with Crippen molar-refractivity contribution in [3.8, 4) is 0 Å². The van der Waals surface area contributed by atoms with E-state index in [2.05, 4.69) is 19.2 Å². The van der Waals surface area contributed by atoms with Crippen LogP contribution in [0.3, 0.4) is 0 Å². The quantitative estimate of drug-likeness (QED) is 0.449. The summed E-state index contributed by atoms with van der Waals surface area (Å²) < 4.78 is 0. The molecule has 1 unspecified atom stereocenters. The highest BCUT2D eigenvalue weighted by Gasteiger charge is 2.00. The van der Waals surface area contributed by atoms with Gasteiger partial charge in [0.25, 0.3) is 0 Å². The van der Waals surface area contributed by atoms with E-state index in [1.165, 1.54) is 32.1 Å². The molecule has 1 N–H and O–H groups in total. The van der Waals surface area contributed by atoms with Gasteiger partial charge in [-0.2, -0.15) is 0 Å². The van der Waals surface area contributed by atoms with E-state index in [-0.39, 0.29) is 0 Å². The summed E-state index contributed by atoms with van der Waals surface area (Å²) in [4.78, 5) is 0. The molecule has 80 valence electrons. The first-order valence-corrected chi connectivity index (χ1v) is 6.09. The maximum atomic E-state index is 6.06. The maximum Gasteiger partial charge on any atom is 0.0460 e. The van der Waals surface area contributed by atoms with Crippen molar-refractivity contribution in [3.05, 3.63) is 0 Å². The first-order valence-electron chi connectivity index (χ1n) is 5.66. The Kier molecular flexibility index (Phi) is 10.5. The Morgan fingerprint density at radius 1 is 1.08 bits per heavy atom. The largest absolute Gasteiger partial charge is 0.315 e. The molecule has 0 aromatic heterocycles. The topological polar surface area (TPSA) is 12.0 Å². The third-order valence-corrected chi connectivity index (χ3v) is 2.55. The third kappa shape index (κ3) is 10.2. The van der Waals surface area contributed by atoms with Crippen molar-refractivity contribution in [2.75, 3.05) is 13.1 Å². The lowest BCUT2D eigenvalue weighted by molar-refractivity contribution is 0.576. The minimum Gasteiger partial charge on any atom is -0.315 e. The Morgan fingerprint density at radius 2 is 1.85 bits per heavy atom. The first kappa shape index (κ1) is 13.2. The fourth-order valence-electron chi connectivity index (χ4n) is 1.35. The zero-order valence-electron chi connectivity index (χ0n) is 9.11. The zero-order valence-corrected chi connectivity index (χ0v) is 9.87. The van der Waals surface area contributed by atoms with Crippen LogP contribution in [0.5, 0.6) is 0 Å². The minimum absolute atomic E-state index is 0.330. The van der Waals surface area contributed by atoms with Gasteiger partial charge in [-0.1, -0.05) is 39.5 Å². The van der Waals surface area contributed by atoms with E-state index in [9.17, 15) is 0 Å². The number of rotatable bonds is 9. The molecular weight excluding hydrogens is 182 g/mol. The Morgan fingerprint density at radius 3 is 2.46 bits per heavy atom. The first-order chi connectivity index (χ1) is 6.31. The van der Waals surface area contributed by atoms with Crippen molar-refractivity contribution in [3.63, 3.8) is 0 Å². The van der Waals surface area contributed by atoms with Gasteiger partial charge in [-0.05, 0) is 19.4 Å². The minimum atomic E-state index is 0.330.